The lowest BCUT2D eigenvalue weighted by atomic mass is 9.96. The predicted octanol–water partition coefficient (Wildman–Crippen LogP) is 0.598. The third kappa shape index (κ3) is 3.10. The monoisotopic (exact) mass is 266 g/mol. The molecule has 1 aliphatic rings. The third-order valence-electron chi connectivity index (χ3n) is 3.57. The summed E-state index contributed by atoms with van der Waals surface area (Å²) in [5.74, 6) is -0.698. The Labute approximate surface area is 110 Å². The molecule has 19 heavy (non-hydrogen) atoms. The summed E-state index contributed by atoms with van der Waals surface area (Å²) in [5.41, 5.74) is 0. The van der Waals surface area contributed by atoms with Crippen molar-refractivity contribution in [3.8, 4) is 0 Å². The Bertz CT molecular complexity index is 471. The molecule has 1 amide bonds. The third-order valence-corrected chi connectivity index (χ3v) is 3.57. The van der Waals surface area contributed by atoms with Crippen LogP contribution in [0.15, 0.2) is 0 Å². The van der Waals surface area contributed by atoms with E-state index < -0.39 is 5.97 Å². The van der Waals surface area contributed by atoms with Crippen molar-refractivity contribution in [1.82, 2.24) is 20.5 Å². The number of aromatic nitrogens is 3. The Balaban J connectivity index is 1.88. The van der Waals surface area contributed by atoms with Crippen molar-refractivity contribution in [2.24, 2.45) is 11.8 Å². The van der Waals surface area contributed by atoms with Crippen molar-refractivity contribution >= 4 is 11.9 Å². The van der Waals surface area contributed by atoms with E-state index >= 15 is 0 Å². The van der Waals surface area contributed by atoms with Crippen LogP contribution in [0.4, 0.5) is 0 Å². The van der Waals surface area contributed by atoms with Crippen molar-refractivity contribution in [2.75, 3.05) is 6.54 Å². The summed E-state index contributed by atoms with van der Waals surface area (Å²) in [6.07, 6.45) is 3.12. The van der Waals surface area contributed by atoms with Crippen molar-refractivity contribution in [3.63, 3.8) is 0 Å². The first kappa shape index (κ1) is 13.5. The number of nitrogens with one attached hydrogen (secondary N) is 2. The summed E-state index contributed by atoms with van der Waals surface area (Å²) in [5, 5.41) is 18.3. The molecule has 1 saturated carbocycles. The zero-order valence-electron chi connectivity index (χ0n) is 10.8. The van der Waals surface area contributed by atoms with Crippen molar-refractivity contribution in [3.05, 3.63) is 11.6 Å². The van der Waals surface area contributed by atoms with E-state index in [0.29, 0.717) is 25.2 Å². The molecule has 1 aromatic heterocycles. The first-order valence-corrected chi connectivity index (χ1v) is 6.54. The quantitative estimate of drug-likeness (QED) is 0.723. The average molecular weight is 266 g/mol. The van der Waals surface area contributed by atoms with Gasteiger partial charge in [0.2, 0.25) is 5.82 Å². The lowest BCUT2D eigenvalue weighted by Crippen LogP contribution is -2.33. The minimum atomic E-state index is -0.775. The van der Waals surface area contributed by atoms with Crippen LogP contribution in [0.2, 0.25) is 0 Å². The van der Waals surface area contributed by atoms with Crippen molar-refractivity contribution in [2.45, 2.75) is 32.6 Å². The van der Waals surface area contributed by atoms with Crippen LogP contribution in [0.3, 0.4) is 0 Å². The zero-order valence-corrected chi connectivity index (χ0v) is 10.8. The molecule has 7 heteroatoms. The zero-order chi connectivity index (χ0) is 13.8. The first-order valence-electron chi connectivity index (χ1n) is 6.54. The minimum Gasteiger partial charge on any atom is -0.481 e. The lowest BCUT2D eigenvalue weighted by Gasteiger charge is -2.15. The van der Waals surface area contributed by atoms with Crippen molar-refractivity contribution in [1.29, 1.82) is 0 Å². The Morgan fingerprint density at radius 1 is 1.47 bits per heavy atom. The van der Waals surface area contributed by atoms with E-state index in [4.69, 9.17) is 5.11 Å². The summed E-state index contributed by atoms with van der Waals surface area (Å²) in [6.45, 7) is 2.28. The van der Waals surface area contributed by atoms with Crippen LogP contribution in [0.25, 0.3) is 0 Å². The van der Waals surface area contributed by atoms with E-state index in [1.165, 1.54) is 0 Å². The Morgan fingerprint density at radius 3 is 2.89 bits per heavy atom. The number of carboxylic acid groups (broad SMARTS) is 1. The van der Waals surface area contributed by atoms with E-state index in [0.717, 1.165) is 12.8 Å². The summed E-state index contributed by atoms with van der Waals surface area (Å²) in [6, 6.07) is 0. The van der Waals surface area contributed by atoms with Gasteiger partial charge in [-0.05, 0) is 18.8 Å². The van der Waals surface area contributed by atoms with Gasteiger partial charge in [0.15, 0.2) is 0 Å². The molecule has 0 radical (unpaired) electrons. The summed E-state index contributed by atoms with van der Waals surface area (Å²) >= 11 is 0. The maximum atomic E-state index is 11.8. The number of carbonyl (C=O) groups excluding carboxylic acids is 1. The summed E-state index contributed by atoms with van der Waals surface area (Å²) in [7, 11) is 0. The second kappa shape index (κ2) is 5.81. The van der Waals surface area contributed by atoms with Gasteiger partial charge in [0, 0.05) is 13.0 Å². The largest absolute Gasteiger partial charge is 0.481 e. The fraction of sp³-hybridized carbons (Fsp3) is 0.667. The fourth-order valence-corrected chi connectivity index (χ4v) is 2.46. The molecule has 1 fully saturated rings. The van der Waals surface area contributed by atoms with Gasteiger partial charge in [-0.3, -0.25) is 14.7 Å². The number of aliphatic carboxylic acids is 1. The molecule has 2 unspecified atom stereocenters. The van der Waals surface area contributed by atoms with Gasteiger partial charge in [-0.2, -0.15) is 0 Å². The van der Waals surface area contributed by atoms with Crippen LogP contribution in [0.1, 0.15) is 42.6 Å². The molecular weight excluding hydrogens is 248 g/mol. The Morgan fingerprint density at radius 2 is 2.26 bits per heavy atom. The summed E-state index contributed by atoms with van der Waals surface area (Å²) < 4.78 is 0. The van der Waals surface area contributed by atoms with E-state index in [9.17, 15) is 9.59 Å². The van der Waals surface area contributed by atoms with Crippen LogP contribution in [-0.2, 0) is 11.2 Å². The first-order chi connectivity index (χ1) is 9.11. The molecule has 7 nitrogen and oxygen atoms in total. The number of carbonyl (C=O) groups is 2. The Kier molecular flexibility index (Phi) is 4.13. The molecular formula is C12H18N4O3. The van der Waals surface area contributed by atoms with Gasteiger partial charge in [0.1, 0.15) is 5.82 Å². The van der Waals surface area contributed by atoms with Gasteiger partial charge < -0.3 is 10.4 Å². The van der Waals surface area contributed by atoms with Crippen LogP contribution >= 0.6 is 0 Å². The number of carboxylic acids is 1. The maximum absolute atomic E-state index is 11.8. The number of hydrogen-bond donors (Lipinski definition) is 3. The molecule has 1 aromatic rings. The highest BCUT2D eigenvalue weighted by Gasteiger charge is 2.33. The lowest BCUT2D eigenvalue weighted by molar-refractivity contribution is -0.142. The standard InChI is InChI=1S/C12H18N4O3/c1-2-9-14-10(16-15-9)11(17)13-6-7-4-3-5-8(7)12(18)19/h7-8H,2-6H2,1H3,(H,13,17)(H,18,19)(H,14,15,16). The highest BCUT2D eigenvalue weighted by molar-refractivity contribution is 5.90. The second-order valence-corrected chi connectivity index (χ2v) is 4.81. The second-order valence-electron chi connectivity index (χ2n) is 4.81. The maximum Gasteiger partial charge on any atom is 0.306 e. The molecule has 0 aliphatic heterocycles. The van der Waals surface area contributed by atoms with Crippen LogP contribution in [0, 0.1) is 11.8 Å². The van der Waals surface area contributed by atoms with Gasteiger partial charge in [-0.15, -0.1) is 5.10 Å². The fourth-order valence-electron chi connectivity index (χ4n) is 2.46. The molecule has 1 heterocycles. The number of amides is 1. The number of hydrogen-bond acceptors (Lipinski definition) is 4. The smallest absolute Gasteiger partial charge is 0.306 e. The molecule has 0 saturated heterocycles. The van der Waals surface area contributed by atoms with E-state index in [2.05, 4.69) is 20.5 Å². The van der Waals surface area contributed by atoms with Crippen LogP contribution in [0.5, 0.6) is 0 Å². The molecule has 1 aliphatic carbocycles. The molecule has 104 valence electrons. The minimum absolute atomic E-state index is 0.00559. The molecule has 0 aromatic carbocycles. The van der Waals surface area contributed by atoms with E-state index in [1.54, 1.807) is 0 Å². The number of rotatable bonds is 5. The number of aromatic amines is 1. The SMILES string of the molecule is CCc1nc(C(=O)NCC2CCCC2C(=O)O)n[nH]1. The predicted molar refractivity (Wildman–Crippen MR) is 66.6 cm³/mol. The normalized spacial score (nSPS) is 22.4. The molecule has 3 N–H and O–H groups in total. The van der Waals surface area contributed by atoms with Gasteiger partial charge in [-0.25, -0.2) is 4.98 Å². The van der Waals surface area contributed by atoms with Crippen LogP contribution < -0.4 is 5.32 Å². The molecule has 0 bridgehead atoms. The average Bonchev–Trinajstić information content (AvgIpc) is 3.04. The van der Waals surface area contributed by atoms with Gasteiger partial charge in [0.25, 0.3) is 5.91 Å². The van der Waals surface area contributed by atoms with Crippen molar-refractivity contribution < 1.29 is 14.7 Å². The topological polar surface area (TPSA) is 108 Å². The highest BCUT2D eigenvalue weighted by atomic mass is 16.4. The number of aryl methyl sites for hydroxylation is 1. The molecule has 2 rings (SSSR count). The molecule has 2 atom stereocenters. The van der Waals surface area contributed by atoms with Crippen LogP contribution in [-0.4, -0.2) is 38.7 Å². The van der Waals surface area contributed by atoms with Gasteiger partial charge >= 0.3 is 5.97 Å². The Hall–Kier alpha value is -1.92. The molecule has 0 spiro atoms. The van der Waals surface area contributed by atoms with E-state index in [1.807, 2.05) is 6.92 Å². The number of H-pyrrole nitrogens is 1. The van der Waals surface area contributed by atoms with E-state index in [-0.39, 0.29) is 23.6 Å². The number of nitrogens with zero attached hydrogens (tertiary/aromatic N) is 2. The highest BCUT2D eigenvalue weighted by Crippen LogP contribution is 2.31. The van der Waals surface area contributed by atoms with Gasteiger partial charge in [-0.1, -0.05) is 13.3 Å². The summed E-state index contributed by atoms with van der Waals surface area (Å²) in [4.78, 5) is 26.9. The van der Waals surface area contributed by atoms with Gasteiger partial charge in [0.05, 0.1) is 5.92 Å².